The summed E-state index contributed by atoms with van der Waals surface area (Å²) >= 11 is 7.07. The van der Waals surface area contributed by atoms with Crippen LogP contribution in [0.4, 0.5) is 24.5 Å². The van der Waals surface area contributed by atoms with Crippen LogP contribution in [0.5, 0.6) is 0 Å². The normalized spacial score (nSPS) is 25.6. The molecule has 1 saturated carbocycles. The van der Waals surface area contributed by atoms with E-state index >= 15 is 0 Å². The van der Waals surface area contributed by atoms with Gasteiger partial charge in [-0.05, 0) is 43.2 Å². The standard InChI is InChI=1S/C22H17Br2F3N2O3/c23-16-9-13-14(10-17(16)24)21(32)29(20(13)31)12-5-3-4-11(8-12)19(30)28-18-7-2-1-6-15(18)22(25,26)27/h1-8,13-14,16-17H,9-10H2,(H,28,30)/t13-,14-,16-,17+/m1/s1. The van der Waals surface area contributed by atoms with Gasteiger partial charge < -0.3 is 5.32 Å². The zero-order valence-electron chi connectivity index (χ0n) is 16.4. The van der Waals surface area contributed by atoms with E-state index in [1.165, 1.54) is 36.4 Å². The molecule has 1 heterocycles. The van der Waals surface area contributed by atoms with Gasteiger partial charge in [0.05, 0.1) is 28.8 Å². The Morgan fingerprint density at radius 2 is 1.53 bits per heavy atom. The second-order valence-corrected chi connectivity index (χ2v) is 10.1. The summed E-state index contributed by atoms with van der Waals surface area (Å²) in [7, 11) is 0. The van der Waals surface area contributed by atoms with Crippen molar-refractivity contribution < 1.29 is 27.6 Å². The number of hydrogen-bond donors (Lipinski definition) is 1. The first-order valence-corrected chi connectivity index (χ1v) is 11.6. The summed E-state index contributed by atoms with van der Waals surface area (Å²) in [5.41, 5.74) is -1.08. The summed E-state index contributed by atoms with van der Waals surface area (Å²) in [6.45, 7) is 0. The number of halogens is 5. The summed E-state index contributed by atoms with van der Waals surface area (Å²) in [4.78, 5) is 39.8. The number of para-hydroxylation sites is 1. The number of amides is 3. The van der Waals surface area contributed by atoms with E-state index in [-0.39, 0.29) is 38.4 Å². The lowest BCUT2D eigenvalue weighted by atomic mass is 9.81. The van der Waals surface area contributed by atoms with E-state index in [1.807, 2.05) is 0 Å². The third-order valence-corrected chi connectivity index (χ3v) is 8.49. The summed E-state index contributed by atoms with van der Waals surface area (Å²) in [6, 6.07) is 10.4. The van der Waals surface area contributed by atoms with Crippen molar-refractivity contribution in [3.05, 3.63) is 59.7 Å². The van der Waals surface area contributed by atoms with Gasteiger partial charge in [0, 0.05) is 15.2 Å². The van der Waals surface area contributed by atoms with Crippen LogP contribution < -0.4 is 10.2 Å². The lowest BCUT2D eigenvalue weighted by Gasteiger charge is -2.29. The third kappa shape index (κ3) is 4.22. The van der Waals surface area contributed by atoms with Crippen LogP contribution in [0.15, 0.2) is 48.5 Å². The summed E-state index contributed by atoms with van der Waals surface area (Å²) in [5.74, 6) is -2.33. The van der Waals surface area contributed by atoms with Crippen LogP contribution >= 0.6 is 31.9 Å². The molecule has 168 valence electrons. The molecule has 0 spiro atoms. The first-order valence-electron chi connectivity index (χ1n) is 9.81. The van der Waals surface area contributed by atoms with E-state index in [1.54, 1.807) is 0 Å². The number of alkyl halides is 5. The van der Waals surface area contributed by atoms with Crippen molar-refractivity contribution in [2.75, 3.05) is 10.2 Å². The molecule has 2 aromatic carbocycles. The van der Waals surface area contributed by atoms with Gasteiger partial charge in [-0.25, -0.2) is 0 Å². The topological polar surface area (TPSA) is 66.5 Å². The molecule has 2 aromatic rings. The van der Waals surface area contributed by atoms with Crippen LogP contribution in [0.1, 0.15) is 28.8 Å². The fraction of sp³-hybridized carbons (Fsp3) is 0.318. The van der Waals surface area contributed by atoms with Crippen molar-refractivity contribution in [3.8, 4) is 0 Å². The van der Waals surface area contributed by atoms with Crippen molar-refractivity contribution in [3.63, 3.8) is 0 Å². The average Bonchev–Trinajstić information content (AvgIpc) is 2.97. The molecule has 2 aliphatic rings. The number of hydrogen-bond acceptors (Lipinski definition) is 3. The van der Waals surface area contributed by atoms with Gasteiger partial charge in [-0.2, -0.15) is 13.2 Å². The second-order valence-electron chi connectivity index (χ2n) is 7.78. The van der Waals surface area contributed by atoms with Crippen molar-refractivity contribution in [1.29, 1.82) is 0 Å². The Bertz CT molecular complexity index is 1060. The summed E-state index contributed by atoms with van der Waals surface area (Å²) in [5, 5.41) is 2.28. The van der Waals surface area contributed by atoms with E-state index in [9.17, 15) is 27.6 Å². The van der Waals surface area contributed by atoms with Crippen LogP contribution in [0.3, 0.4) is 0 Å². The van der Waals surface area contributed by atoms with Crippen molar-refractivity contribution >= 4 is 61.0 Å². The molecule has 0 unspecified atom stereocenters. The highest BCUT2D eigenvalue weighted by molar-refractivity contribution is 9.12. The average molecular weight is 574 g/mol. The number of nitrogens with zero attached hydrogens (tertiary/aromatic N) is 1. The third-order valence-electron chi connectivity index (χ3n) is 5.76. The van der Waals surface area contributed by atoms with Gasteiger partial charge in [-0.15, -0.1) is 0 Å². The Kier molecular flexibility index (Phi) is 6.19. The van der Waals surface area contributed by atoms with E-state index < -0.39 is 29.5 Å². The number of benzene rings is 2. The molecule has 3 amide bonds. The first kappa shape index (κ1) is 23.0. The molecule has 1 N–H and O–H groups in total. The van der Waals surface area contributed by atoms with Crippen LogP contribution in [-0.4, -0.2) is 27.4 Å². The molecule has 1 aliphatic heterocycles. The quantitative estimate of drug-likeness (QED) is 0.396. The zero-order chi connectivity index (χ0) is 23.2. The van der Waals surface area contributed by atoms with Crippen LogP contribution in [0.2, 0.25) is 0 Å². The van der Waals surface area contributed by atoms with Gasteiger partial charge in [0.15, 0.2) is 0 Å². The van der Waals surface area contributed by atoms with Crippen LogP contribution in [0.25, 0.3) is 0 Å². The van der Waals surface area contributed by atoms with E-state index in [0.717, 1.165) is 17.0 Å². The molecule has 0 aromatic heterocycles. The van der Waals surface area contributed by atoms with Gasteiger partial charge in [0.1, 0.15) is 0 Å². The minimum Gasteiger partial charge on any atom is -0.321 e. The molecule has 1 saturated heterocycles. The minimum atomic E-state index is -4.63. The van der Waals surface area contributed by atoms with E-state index in [4.69, 9.17) is 0 Å². The Hall–Kier alpha value is -2.20. The first-order chi connectivity index (χ1) is 15.1. The van der Waals surface area contributed by atoms with Gasteiger partial charge in [-0.1, -0.05) is 50.1 Å². The van der Waals surface area contributed by atoms with Crippen molar-refractivity contribution in [2.45, 2.75) is 28.7 Å². The molecule has 4 atom stereocenters. The molecule has 32 heavy (non-hydrogen) atoms. The molecular weight excluding hydrogens is 557 g/mol. The minimum absolute atomic E-state index is 0.0340. The molecule has 10 heteroatoms. The fourth-order valence-corrected chi connectivity index (χ4v) is 5.41. The summed E-state index contributed by atoms with van der Waals surface area (Å²) < 4.78 is 39.7. The van der Waals surface area contributed by atoms with E-state index in [0.29, 0.717) is 12.8 Å². The van der Waals surface area contributed by atoms with Gasteiger partial charge in [0.25, 0.3) is 5.91 Å². The predicted molar refractivity (Wildman–Crippen MR) is 120 cm³/mol. The van der Waals surface area contributed by atoms with E-state index in [2.05, 4.69) is 37.2 Å². The number of fused-ring (bicyclic) bond motifs is 1. The second kappa shape index (κ2) is 8.62. The number of carbonyl (C=O) groups is 3. The molecule has 5 nitrogen and oxygen atoms in total. The maximum absolute atomic E-state index is 13.2. The summed E-state index contributed by atoms with van der Waals surface area (Å²) in [6.07, 6.45) is -3.61. The highest BCUT2D eigenvalue weighted by atomic mass is 79.9. The molecule has 0 bridgehead atoms. The number of nitrogens with one attached hydrogen (secondary N) is 1. The monoisotopic (exact) mass is 572 g/mol. The maximum atomic E-state index is 13.2. The van der Waals surface area contributed by atoms with Crippen molar-refractivity contribution in [2.24, 2.45) is 11.8 Å². The van der Waals surface area contributed by atoms with Gasteiger partial charge in [-0.3, -0.25) is 19.3 Å². The highest BCUT2D eigenvalue weighted by Gasteiger charge is 2.52. The predicted octanol–water partition coefficient (Wildman–Crippen LogP) is 5.38. The smallest absolute Gasteiger partial charge is 0.321 e. The number of anilines is 2. The zero-order valence-corrected chi connectivity index (χ0v) is 19.6. The maximum Gasteiger partial charge on any atom is 0.418 e. The number of imide groups is 1. The number of carbonyl (C=O) groups excluding carboxylic acids is 3. The van der Waals surface area contributed by atoms with Gasteiger partial charge >= 0.3 is 6.18 Å². The van der Waals surface area contributed by atoms with Gasteiger partial charge in [0.2, 0.25) is 11.8 Å². The lowest BCUT2D eigenvalue weighted by molar-refractivity contribution is -0.137. The Morgan fingerprint density at radius 1 is 0.938 bits per heavy atom. The highest BCUT2D eigenvalue weighted by Crippen LogP contribution is 2.44. The fourth-order valence-electron chi connectivity index (χ4n) is 4.17. The molecular formula is C22H17Br2F3N2O3. The van der Waals surface area contributed by atoms with Crippen LogP contribution in [0, 0.1) is 11.8 Å². The molecule has 2 fully saturated rings. The van der Waals surface area contributed by atoms with Crippen LogP contribution in [-0.2, 0) is 15.8 Å². The molecule has 1 aliphatic carbocycles. The number of rotatable bonds is 3. The van der Waals surface area contributed by atoms with Crippen molar-refractivity contribution in [1.82, 2.24) is 0 Å². The molecule has 4 rings (SSSR count). The Morgan fingerprint density at radius 3 is 2.12 bits per heavy atom. The lowest BCUT2D eigenvalue weighted by Crippen LogP contribution is -2.34. The molecule has 0 radical (unpaired) electrons. The Labute approximate surface area is 198 Å². The largest absolute Gasteiger partial charge is 0.418 e. The SMILES string of the molecule is O=C(Nc1ccccc1C(F)(F)F)c1cccc(N2C(=O)[C@@H]3C[C@@H](Br)[C@@H](Br)C[C@H]3C2=O)c1. The Balaban J connectivity index is 1.59.